The van der Waals surface area contributed by atoms with Crippen molar-refractivity contribution in [2.75, 3.05) is 42.7 Å². The van der Waals surface area contributed by atoms with Gasteiger partial charge in [-0.3, -0.25) is 10.1 Å². The van der Waals surface area contributed by atoms with Crippen LogP contribution in [0.3, 0.4) is 0 Å². The molecule has 0 spiro atoms. The van der Waals surface area contributed by atoms with Crippen LogP contribution in [0.1, 0.15) is 0 Å². The van der Waals surface area contributed by atoms with E-state index in [4.69, 9.17) is 11.6 Å². The van der Waals surface area contributed by atoms with E-state index in [1.165, 1.54) is 5.69 Å². The van der Waals surface area contributed by atoms with Gasteiger partial charge in [0.25, 0.3) is 0 Å². The SMILES string of the molecule is O=C(C1CSCN1)N1CCN(c2ccc(Cl)cc2)CC1. The van der Waals surface area contributed by atoms with E-state index in [0.29, 0.717) is 0 Å². The zero-order valence-corrected chi connectivity index (χ0v) is 12.8. The number of piperazine rings is 1. The summed E-state index contributed by atoms with van der Waals surface area (Å²) >= 11 is 7.70. The molecular formula is C14H18ClN3OS. The Hall–Kier alpha value is -0.910. The van der Waals surface area contributed by atoms with Gasteiger partial charge in [0.15, 0.2) is 0 Å². The van der Waals surface area contributed by atoms with Crippen molar-refractivity contribution in [3.05, 3.63) is 29.3 Å². The Kier molecular flexibility index (Phi) is 4.38. The second-order valence-electron chi connectivity index (χ2n) is 5.06. The third kappa shape index (κ3) is 3.05. The van der Waals surface area contributed by atoms with Crippen LogP contribution in [0, 0.1) is 0 Å². The van der Waals surface area contributed by atoms with E-state index < -0.39 is 0 Å². The fraction of sp³-hybridized carbons (Fsp3) is 0.500. The van der Waals surface area contributed by atoms with Crippen molar-refractivity contribution in [2.45, 2.75) is 6.04 Å². The summed E-state index contributed by atoms with van der Waals surface area (Å²) in [6, 6.07) is 7.91. The van der Waals surface area contributed by atoms with Gasteiger partial charge in [-0.2, -0.15) is 0 Å². The average Bonchev–Trinajstić information content (AvgIpc) is 3.02. The van der Waals surface area contributed by atoms with Crippen LogP contribution in [0.4, 0.5) is 5.69 Å². The van der Waals surface area contributed by atoms with Crippen LogP contribution in [-0.4, -0.2) is 54.7 Å². The molecule has 20 heavy (non-hydrogen) atoms. The van der Waals surface area contributed by atoms with Crippen molar-refractivity contribution in [3.8, 4) is 0 Å². The zero-order valence-electron chi connectivity index (χ0n) is 11.2. The molecule has 2 heterocycles. The number of carbonyl (C=O) groups excluding carboxylic acids is 1. The molecule has 2 aliphatic rings. The Balaban J connectivity index is 1.56. The molecule has 1 unspecified atom stereocenters. The number of hydrogen-bond donors (Lipinski definition) is 1. The molecule has 4 nitrogen and oxygen atoms in total. The van der Waals surface area contributed by atoms with Crippen LogP contribution in [0.5, 0.6) is 0 Å². The van der Waals surface area contributed by atoms with Crippen LogP contribution < -0.4 is 10.2 Å². The molecule has 0 saturated carbocycles. The van der Waals surface area contributed by atoms with Gasteiger partial charge in [0.2, 0.25) is 5.91 Å². The van der Waals surface area contributed by atoms with Gasteiger partial charge >= 0.3 is 0 Å². The summed E-state index contributed by atoms with van der Waals surface area (Å²) in [5.74, 6) is 2.04. The number of amides is 1. The lowest BCUT2D eigenvalue weighted by Crippen LogP contribution is -2.53. The molecule has 0 aromatic heterocycles. The molecule has 6 heteroatoms. The first-order chi connectivity index (χ1) is 9.74. The number of hydrogen-bond acceptors (Lipinski definition) is 4. The predicted molar refractivity (Wildman–Crippen MR) is 84.5 cm³/mol. The molecule has 0 radical (unpaired) electrons. The molecule has 1 amide bonds. The lowest BCUT2D eigenvalue weighted by atomic mass is 10.2. The van der Waals surface area contributed by atoms with Gasteiger partial charge in [-0.1, -0.05) is 11.6 Å². The first-order valence-electron chi connectivity index (χ1n) is 6.84. The summed E-state index contributed by atoms with van der Waals surface area (Å²) in [5.41, 5.74) is 1.18. The highest BCUT2D eigenvalue weighted by Gasteiger charge is 2.29. The highest BCUT2D eigenvalue weighted by Crippen LogP contribution is 2.20. The average molecular weight is 312 g/mol. The quantitative estimate of drug-likeness (QED) is 0.901. The number of nitrogens with one attached hydrogen (secondary N) is 1. The van der Waals surface area contributed by atoms with E-state index in [-0.39, 0.29) is 11.9 Å². The molecule has 2 fully saturated rings. The fourth-order valence-corrected chi connectivity index (χ4v) is 3.67. The van der Waals surface area contributed by atoms with Gasteiger partial charge in [-0.15, -0.1) is 11.8 Å². The summed E-state index contributed by atoms with van der Waals surface area (Å²) in [7, 11) is 0. The molecule has 2 aliphatic heterocycles. The monoisotopic (exact) mass is 311 g/mol. The van der Waals surface area contributed by atoms with E-state index in [9.17, 15) is 4.79 Å². The number of rotatable bonds is 2. The van der Waals surface area contributed by atoms with E-state index >= 15 is 0 Å². The van der Waals surface area contributed by atoms with Gasteiger partial charge in [0, 0.05) is 48.5 Å². The maximum atomic E-state index is 12.3. The minimum Gasteiger partial charge on any atom is -0.368 e. The largest absolute Gasteiger partial charge is 0.368 e. The summed E-state index contributed by atoms with van der Waals surface area (Å²) < 4.78 is 0. The topological polar surface area (TPSA) is 35.6 Å². The number of carbonyl (C=O) groups is 1. The second kappa shape index (κ2) is 6.24. The number of benzene rings is 1. The molecule has 1 atom stereocenters. The van der Waals surface area contributed by atoms with Crippen LogP contribution in [-0.2, 0) is 4.79 Å². The maximum Gasteiger partial charge on any atom is 0.240 e. The van der Waals surface area contributed by atoms with Crippen molar-refractivity contribution >= 4 is 35.0 Å². The van der Waals surface area contributed by atoms with Gasteiger partial charge in [0.1, 0.15) is 0 Å². The normalized spacial score (nSPS) is 23.1. The van der Waals surface area contributed by atoms with E-state index in [2.05, 4.69) is 10.2 Å². The number of thioether (sulfide) groups is 1. The minimum atomic E-state index is 0.0158. The Morgan fingerprint density at radius 3 is 2.50 bits per heavy atom. The molecule has 1 aromatic rings. The van der Waals surface area contributed by atoms with E-state index in [0.717, 1.165) is 42.8 Å². The van der Waals surface area contributed by atoms with Crippen molar-refractivity contribution in [1.82, 2.24) is 10.2 Å². The highest BCUT2D eigenvalue weighted by molar-refractivity contribution is 7.99. The standard InChI is InChI=1S/C14H18ClN3OS/c15-11-1-3-12(4-2-11)17-5-7-18(8-6-17)14(19)13-9-20-10-16-13/h1-4,13,16H,5-10H2. The second-order valence-corrected chi connectivity index (χ2v) is 6.53. The third-order valence-electron chi connectivity index (χ3n) is 3.80. The van der Waals surface area contributed by atoms with Crippen molar-refractivity contribution in [3.63, 3.8) is 0 Å². The van der Waals surface area contributed by atoms with Crippen LogP contribution in [0.25, 0.3) is 0 Å². The summed E-state index contributed by atoms with van der Waals surface area (Å²) in [6.07, 6.45) is 0. The molecule has 2 saturated heterocycles. The minimum absolute atomic E-state index is 0.0158. The Labute approximate surface area is 128 Å². The lowest BCUT2D eigenvalue weighted by molar-refractivity contribution is -0.132. The Bertz CT molecular complexity index is 468. The van der Waals surface area contributed by atoms with E-state index in [1.807, 2.05) is 29.2 Å². The first kappa shape index (κ1) is 14.0. The molecule has 1 N–H and O–H groups in total. The summed E-state index contributed by atoms with van der Waals surface area (Å²) in [5, 5.41) is 4.00. The van der Waals surface area contributed by atoms with Crippen molar-refractivity contribution < 1.29 is 4.79 Å². The number of halogens is 1. The van der Waals surface area contributed by atoms with Crippen LogP contribution in [0.2, 0.25) is 5.02 Å². The molecule has 0 aliphatic carbocycles. The maximum absolute atomic E-state index is 12.3. The highest BCUT2D eigenvalue weighted by atomic mass is 35.5. The Morgan fingerprint density at radius 2 is 1.90 bits per heavy atom. The van der Waals surface area contributed by atoms with Crippen molar-refractivity contribution in [2.24, 2.45) is 0 Å². The van der Waals surface area contributed by atoms with Gasteiger partial charge in [0.05, 0.1) is 6.04 Å². The third-order valence-corrected chi connectivity index (χ3v) is 4.99. The van der Waals surface area contributed by atoms with Crippen LogP contribution >= 0.6 is 23.4 Å². The smallest absolute Gasteiger partial charge is 0.240 e. The predicted octanol–water partition coefficient (Wildman–Crippen LogP) is 1.65. The first-order valence-corrected chi connectivity index (χ1v) is 8.38. The molecule has 0 bridgehead atoms. The Morgan fingerprint density at radius 1 is 1.20 bits per heavy atom. The van der Waals surface area contributed by atoms with Crippen molar-refractivity contribution in [1.29, 1.82) is 0 Å². The molecule has 1 aromatic carbocycles. The summed E-state index contributed by atoms with van der Waals surface area (Å²) in [6.45, 7) is 3.36. The number of nitrogens with zero attached hydrogens (tertiary/aromatic N) is 2. The van der Waals surface area contributed by atoms with Gasteiger partial charge in [-0.05, 0) is 24.3 Å². The van der Waals surface area contributed by atoms with Crippen LogP contribution in [0.15, 0.2) is 24.3 Å². The molecule has 108 valence electrons. The van der Waals surface area contributed by atoms with Gasteiger partial charge < -0.3 is 9.80 Å². The molecular weight excluding hydrogens is 294 g/mol. The van der Waals surface area contributed by atoms with Gasteiger partial charge in [-0.25, -0.2) is 0 Å². The fourth-order valence-electron chi connectivity index (χ4n) is 2.61. The summed E-state index contributed by atoms with van der Waals surface area (Å²) in [4.78, 5) is 16.6. The lowest BCUT2D eigenvalue weighted by Gasteiger charge is -2.37. The van der Waals surface area contributed by atoms with E-state index in [1.54, 1.807) is 11.8 Å². The number of anilines is 1. The zero-order chi connectivity index (χ0) is 13.9. The molecule has 3 rings (SSSR count).